The summed E-state index contributed by atoms with van der Waals surface area (Å²) < 4.78 is 21.6. The van der Waals surface area contributed by atoms with Crippen molar-refractivity contribution in [3.05, 3.63) is 53.7 Å². The van der Waals surface area contributed by atoms with Crippen molar-refractivity contribution in [2.45, 2.75) is 31.0 Å². The van der Waals surface area contributed by atoms with Crippen LogP contribution in [0.25, 0.3) is 11.2 Å². The van der Waals surface area contributed by atoms with Gasteiger partial charge in [0, 0.05) is 6.42 Å². The molecule has 4 atom stereocenters. The molecule has 1 aromatic carbocycles. The fourth-order valence-electron chi connectivity index (χ4n) is 3.04. The number of aliphatic hydroxyl groups is 1. The summed E-state index contributed by atoms with van der Waals surface area (Å²) in [6.45, 7) is 0. The van der Waals surface area contributed by atoms with Crippen molar-refractivity contribution in [3.63, 3.8) is 0 Å². The van der Waals surface area contributed by atoms with E-state index in [4.69, 9.17) is 16.3 Å². The number of hydrogen-bond acceptors (Lipinski definition) is 6. The molecule has 1 unspecified atom stereocenters. The number of Topliss-reactive ketones (excluding diaryl/α,β-unsaturated/α-hetero) is 1. The average molecular weight is 377 g/mol. The van der Waals surface area contributed by atoms with Crippen LogP contribution < -0.4 is 0 Å². The summed E-state index contributed by atoms with van der Waals surface area (Å²) in [5.74, 6) is -0.585. The van der Waals surface area contributed by atoms with E-state index in [-0.39, 0.29) is 11.6 Å². The number of imidazole rings is 1. The number of alkyl halides is 1. The van der Waals surface area contributed by atoms with Gasteiger partial charge in [-0.3, -0.25) is 9.36 Å². The molecule has 1 aliphatic rings. The molecule has 134 valence electrons. The largest absolute Gasteiger partial charge is 0.380 e. The van der Waals surface area contributed by atoms with Gasteiger partial charge in [-0.25, -0.2) is 19.3 Å². The highest BCUT2D eigenvalue weighted by atomic mass is 35.5. The highest BCUT2D eigenvalue weighted by molar-refractivity contribution is 6.33. The number of nitrogens with zero attached hydrogens (tertiary/aromatic N) is 4. The van der Waals surface area contributed by atoms with Crippen LogP contribution in [0.5, 0.6) is 0 Å². The molecule has 9 heteroatoms. The Balaban J connectivity index is 1.58. The second-order valence-electron chi connectivity index (χ2n) is 5.97. The van der Waals surface area contributed by atoms with Crippen LogP contribution in [0, 0.1) is 0 Å². The fourth-order valence-corrected chi connectivity index (χ4v) is 3.22. The molecule has 1 fully saturated rings. The van der Waals surface area contributed by atoms with E-state index >= 15 is 0 Å². The molecular weight excluding hydrogens is 363 g/mol. The first kappa shape index (κ1) is 17.0. The summed E-state index contributed by atoms with van der Waals surface area (Å²) in [6.07, 6.45) is -2.55. The third-order valence-corrected chi connectivity index (χ3v) is 4.62. The number of hydrogen-bond donors (Lipinski definition) is 1. The molecule has 4 rings (SSSR count). The van der Waals surface area contributed by atoms with Crippen LogP contribution in [0.1, 0.15) is 24.3 Å². The summed E-state index contributed by atoms with van der Waals surface area (Å²) in [5, 5.41) is 10.4. The van der Waals surface area contributed by atoms with E-state index < -0.39 is 30.4 Å². The van der Waals surface area contributed by atoms with E-state index in [9.17, 15) is 14.3 Å². The first-order chi connectivity index (χ1) is 12.6. The van der Waals surface area contributed by atoms with Crippen molar-refractivity contribution in [1.82, 2.24) is 19.5 Å². The van der Waals surface area contributed by atoms with Crippen molar-refractivity contribution < 1.29 is 19.0 Å². The lowest BCUT2D eigenvalue weighted by Crippen LogP contribution is -2.27. The number of benzene rings is 1. The predicted molar refractivity (Wildman–Crippen MR) is 90.2 cm³/mol. The zero-order valence-electron chi connectivity index (χ0n) is 13.4. The molecule has 1 saturated heterocycles. The minimum Gasteiger partial charge on any atom is -0.380 e. The van der Waals surface area contributed by atoms with Gasteiger partial charge >= 0.3 is 0 Å². The molecule has 0 amide bonds. The third-order valence-electron chi connectivity index (χ3n) is 4.34. The zero-order chi connectivity index (χ0) is 18.3. The third kappa shape index (κ3) is 2.86. The van der Waals surface area contributed by atoms with Crippen molar-refractivity contribution in [3.8, 4) is 0 Å². The van der Waals surface area contributed by atoms with Gasteiger partial charge in [-0.1, -0.05) is 41.9 Å². The van der Waals surface area contributed by atoms with Gasteiger partial charge in [0.2, 0.25) is 0 Å². The van der Waals surface area contributed by atoms with E-state index in [0.717, 1.165) is 0 Å². The number of ketones is 1. The van der Waals surface area contributed by atoms with Crippen LogP contribution in [0.2, 0.25) is 5.15 Å². The van der Waals surface area contributed by atoms with Gasteiger partial charge in [-0.2, -0.15) is 0 Å². The molecule has 7 nitrogen and oxygen atoms in total. The number of fused-ring (bicyclic) bond motifs is 1. The second kappa shape index (κ2) is 6.71. The topological polar surface area (TPSA) is 90.1 Å². The number of carbonyl (C=O) groups excluding carboxylic acids is 1. The van der Waals surface area contributed by atoms with Crippen LogP contribution in [0.4, 0.5) is 4.39 Å². The highest BCUT2D eigenvalue weighted by Gasteiger charge is 2.43. The first-order valence-electron chi connectivity index (χ1n) is 7.95. The molecule has 3 aromatic rings. The molecule has 0 spiro atoms. The van der Waals surface area contributed by atoms with E-state index in [1.54, 1.807) is 30.3 Å². The highest BCUT2D eigenvalue weighted by Crippen LogP contribution is 2.35. The monoisotopic (exact) mass is 376 g/mol. The minimum absolute atomic E-state index is 0.147. The Kier molecular flexibility index (Phi) is 4.39. The van der Waals surface area contributed by atoms with Gasteiger partial charge in [0.25, 0.3) is 0 Å². The minimum atomic E-state index is -1.46. The molecule has 1 N–H and O–H groups in total. The van der Waals surface area contributed by atoms with Gasteiger partial charge in [-0.05, 0) is 5.56 Å². The van der Waals surface area contributed by atoms with Crippen LogP contribution in [-0.4, -0.2) is 42.7 Å². The molecule has 0 saturated carbocycles. The molecule has 0 aliphatic carbocycles. The summed E-state index contributed by atoms with van der Waals surface area (Å²) in [6, 6.07) is 8.46. The lowest BCUT2D eigenvalue weighted by Gasteiger charge is -2.17. The summed E-state index contributed by atoms with van der Waals surface area (Å²) in [4.78, 5) is 24.5. The standard InChI is InChI=1S/C17H14ClFN4O3/c18-15-12-16(21-7-20-15)23(8-22-12)17-10(19)6-11(26-17)14(25)13(24)9-4-2-1-3-5-9/h1-5,7-8,10-11,13,17,24H,6H2/t10-,11+,13?,17-/m1/s1. The van der Waals surface area contributed by atoms with Crippen molar-refractivity contribution >= 4 is 28.5 Å². The second-order valence-corrected chi connectivity index (χ2v) is 6.33. The van der Waals surface area contributed by atoms with Gasteiger partial charge in [-0.15, -0.1) is 0 Å². The number of aromatic nitrogens is 4. The lowest BCUT2D eigenvalue weighted by molar-refractivity contribution is -0.140. The molecular formula is C17H14ClFN4O3. The van der Waals surface area contributed by atoms with Gasteiger partial charge in [0.15, 0.2) is 22.8 Å². The maximum atomic E-state index is 14.6. The maximum absolute atomic E-state index is 14.6. The number of ether oxygens (including phenoxy) is 1. The Morgan fingerprint density at radius 1 is 1.31 bits per heavy atom. The van der Waals surface area contributed by atoms with Crippen LogP contribution in [0.3, 0.4) is 0 Å². The smallest absolute Gasteiger partial charge is 0.194 e. The fraction of sp³-hybridized carbons (Fsp3) is 0.294. The molecule has 1 aliphatic heterocycles. The Labute approximate surface area is 152 Å². The first-order valence-corrected chi connectivity index (χ1v) is 8.33. The van der Waals surface area contributed by atoms with Crippen LogP contribution in [-0.2, 0) is 9.53 Å². The Morgan fingerprint density at radius 2 is 2.08 bits per heavy atom. The number of halogens is 2. The summed E-state index contributed by atoms with van der Waals surface area (Å²) >= 11 is 5.95. The quantitative estimate of drug-likeness (QED) is 0.703. The molecule has 3 heterocycles. The SMILES string of the molecule is O=C(C(O)c1ccccc1)[C@@H]1C[C@@H](F)[C@H](n2cnc3c(Cl)ncnc32)O1. The van der Waals surface area contributed by atoms with E-state index in [1.165, 1.54) is 17.2 Å². The maximum Gasteiger partial charge on any atom is 0.194 e. The van der Waals surface area contributed by atoms with Crippen molar-refractivity contribution in [2.75, 3.05) is 0 Å². The molecule has 0 bridgehead atoms. The average Bonchev–Trinajstić information content (AvgIpc) is 3.25. The molecule has 26 heavy (non-hydrogen) atoms. The van der Waals surface area contributed by atoms with Crippen LogP contribution >= 0.6 is 11.6 Å². The lowest BCUT2D eigenvalue weighted by atomic mass is 10.0. The van der Waals surface area contributed by atoms with Gasteiger partial charge in [0.1, 0.15) is 30.2 Å². The number of aliphatic hydroxyl groups excluding tert-OH is 1. The number of carbonyl (C=O) groups is 1. The summed E-state index contributed by atoms with van der Waals surface area (Å²) in [5.41, 5.74) is 1.07. The van der Waals surface area contributed by atoms with Gasteiger partial charge < -0.3 is 9.84 Å². The van der Waals surface area contributed by atoms with Gasteiger partial charge in [0.05, 0.1) is 6.33 Å². The van der Waals surface area contributed by atoms with Crippen LogP contribution in [0.15, 0.2) is 43.0 Å². The van der Waals surface area contributed by atoms with Crippen molar-refractivity contribution in [2.24, 2.45) is 0 Å². The Morgan fingerprint density at radius 3 is 2.85 bits per heavy atom. The normalized spacial score (nSPS) is 24.0. The molecule has 0 radical (unpaired) electrons. The summed E-state index contributed by atoms with van der Waals surface area (Å²) in [7, 11) is 0. The number of rotatable bonds is 4. The Hall–Kier alpha value is -2.42. The van der Waals surface area contributed by atoms with Crippen molar-refractivity contribution in [1.29, 1.82) is 0 Å². The zero-order valence-corrected chi connectivity index (χ0v) is 14.1. The van der Waals surface area contributed by atoms with E-state index in [2.05, 4.69) is 15.0 Å². The van der Waals surface area contributed by atoms with E-state index in [0.29, 0.717) is 16.7 Å². The van der Waals surface area contributed by atoms with E-state index in [1.807, 2.05) is 0 Å². The predicted octanol–water partition coefficient (Wildman–Crippen LogP) is 2.41. The molecule has 2 aromatic heterocycles. The Bertz CT molecular complexity index is 952.